The Balaban J connectivity index is 2.67. The van der Waals surface area contributed by atoms with Gasteiger partial charge in [0.15, 0.2) is 0 Å². The van der Waals surface area contributed by atoms with Crippen molar-refractivity contribution in [3.63, 3.8) is 0 Å². The van der Waals surface area contributed by atoms with Crippen LogP contribution in [0.4, 0.5) is 0 Å². The molecule has 0 bridgehead atoms. The summed E-state index contributed by atoms with van der Waals surface area (Å²) in [4.78, 5) is 25.7. The number of aromatic nitrogens is 1. The molecule has 19 heavy (non-hydrogen) atoms. The van der Waals surface area contributed by atoms with Crippen LogP contribution in [0.1, 0.15) is 32.1 Å². The molecule has 1 aromatic heterocycles. The molecule has 0 radical (unpaired) electrons. The fourth-order valence-electron chi connectivity index (χ4n) is 1.80. The maximum Gasteiger partial charge on any atom is 0.352 e. The van der Waals surface area contributed by atoms with Crippen molar-refractivity contribution in [2.75, 3.05) is 18.1 Å². The highest BCUT2D eigenvalue weighted by Gasteiger charge is 2.20. The predicted octanol–water partition coefficient (Wildman–Crippen LogP) is 1.98. The van der Waals surface area contributed by atoms with Gasteiger partial charge in [-0.25, -0.2) is 4.79 Å². The number of hydrogen-bond donors (Lipinski definition) is 3. The first kappa shape index (κ1) is 15.4. The molecule has 104 valence electrons. The third-order valence-electron chi connectivity index (χ3n) is 2.65. The molecule has 0 aliphatic carbocycles. The maximum atomic E-state index is 12.0. The summed E-state index contributed by atoms with van der Waals surface area (Å²) in [5.41, 5.74) is 1.54. The van der Waals surface area contributed by atoms with Gasteiger partial charge in [-0.3, -0.25) is 4.79 Å². The lowest BCUT2D eigenvalue weighted by atomic mass is 10.1. The Morgan fingerprint density at radius 1 is 1.47 bits per heavy atom. The second kappa shape index (κ2) is 7.04. The number of rotatable bonds is 7. The van der Waals surface area contributed by atoms with Gasteiger partial charge < -0.3 is 15.4 Å². The van der Waals surface area contributed by atoms with Gasteiger partial charge in [-0.1, -0.05) is 6.08 Å². The first-order valence-electron chi connectivity index (χ1n) is 5.88. The molecule has 1 amide bonds. The molecule has 0 aliphatic rings. The third kappa shape index (κ3) is 3.89. The Kier molecular flexibility index (Phi) is 5.69. The molecule has 1 rings (SSSR count). The molecule has 3 N–H and O–H groups in total. The topological polar surface area (TPSA) is 82.2 Å². The van der Waals surface area contributed by atoms with Crippen molar-refractivity contribution in [3.8, 4) is 0 Å². The number of aryl methyl sites for hydroxylation is 1. The van der Waals surface area contributed by atoms with Crippen molar-refractivity contribution in [3.05, 3.63) is 35.2 Å². The van der Waals surface area contributed by atoms with Gasteiger partial charge in [0, 0.05) is 23.7 Å². The zero-order valence-electron chi connectivity index (χ0n) is 11.1. The minimum atomic E-state index is -1.05. The molecule has 0 saturated heterocycles. The normalized spacial score (nSPS) is 10.2. The first-order valence-corrected chi connectivity index (χ1v) is 7.03. The molecule has 0 aliphatic heterocycles. The zero-order valence-corrected chi connectivity index (χ0v) is 11.9. The van der Waals surface area contributed by atoms with Crippen LogP contribution in [0.25, 0.3) is 0 Å². The van der Waals surface area contributed by atoms with Crippen LogP contribution in [-0.4, -0.2) is 40.0 Å². The zero-order chi connectivity index (χ0) is 14.4. The van der Waals surface area contributed by atoms with Crippen molar-refractivity contribution in [1.29, 1.82) is 0 Å². The molecule has 0 aromatic carbocycles. The Hall–Kier alpha value is -1.69. The number of hydrogen-bond acceptors (Lipinski definition) is 3. The van der Waals surface area contributed by atoms with Gasteiger partial charge >= 0.3 is 5.97 Å². The predicted molar refractivity (Wildman–Crippen MR) is 77.1 cm³/mol. The quantitative estimate of drug-likeness (QED) is 0.527. The lowest BCUT2D eigenvalue weighted by molar-refractivity contribution is 0.0690. The van der Waals surface area contributed by atoms with E-state index >= 15 is 0 Å². The second-order valence-electron chi connectivity index (χ2n) is 4.05. The van der Waals surface area contributed by atoms with Crippen molar-refractivity contribution in [2.24, 2.45) is 0 Å². The van der Waals surface area contributed by atoms with E-state index in [-0.39, 0.29) is 11.6 Å². The minimum Gasteiger partial charge on any atom is -0.477 e. The van der Waals surface area contributed by atoms with Crippen LogP contribution < -0.4 is 5.32 Å². The van der Waals surface area contributed by atoms with Gasteiger partial charge in [-0.2, -0.15) is 11.8 Å². The lowest BCUT2D eigenvalue weighted by Crippen LogP contribution is -2.26. The van der Waals surface area contributed by atoms with Crippen LogP contribution in [0.15, 0.2) is 12.7 Å². The Morgan fingerprint density at radius 2 is 2.16 bits per heavy atom. The second-order valence-corrected chi connectivity index (χ2v) is 5.20. The molecule has 0 spiro atoms. The number of aromatic carboxylic acids is 1. The number of carbonyl (C=O) groups excluding carboxylic acids is 1. The Morgan fingerprint density at radius 3 is 2.68 bits per heavy atom. The number of H-pyrrole nitrogens is 1. The van der Waals surface area contributed by atoms with E-state index in [1.807, 2.05) is 6.08 Å². The number of carboxylic acids is 1. The summed E-state index contributed by atoms with van der Waals surface area (Å²) in [6.07, 6.45) is 1.81. The van der Waals surface area contributed by atoms with Crippen LogP contribution in [0, 0.1) is 13.8 Å². The van der Waals surface area contributed by atoms with Gasteiger partial charge in [0.1, 0.15) is 5.69 Å². The van der Waals surface area contributed by atoms with E-state index < -0.39 is 5.97 Å². The van der Waals surface area contributed by atoms with Crippen LogP contribution in [0.3, 0.4) is 0 Å². The third-order valence-corrected chi connectivity index (χ3v) is 3.61. The summed E-state index contributed by atoms with van der Waals surface area (Å²) in [7, 11) is 0. The van der Waals surface area contributed by atoms with E-state index in [1.165, 1.54) is 0 Å². The Labute approximate surface area is 116 Å². The van der Waals surface area contributed by atoms with Crippen LogP contribution in [-0.2, 0) is 0 Å². The van der Waals surface area contributed by atoms with Crippen LogP contribution in [0.2, 0.25) is 0 Å². The number of thioether (sulfide) groups is 1. The van der Waals surface area contributed by atoms with Gasteiger partial charge in [-0.15, -0.1) is 6.58 Å². The Bertz CT molecular complexity index is 494. The molecule has 0 fully saturated rings. The first-order chi connectivity index (χ1) is 8.99. The summed E-state index contributed by atoms with van der Waals surface area (Å²) in [6.45, 7) is 7.49. The van der Waals surface area contributed by atoms with Gasteiger partial charge in [-0.05, 0) is 19.4 Å². The molecular weight excluding hydrogens is 264 g/mol. The van der Waals surface area contributed by atoms with Crippen LogP contribution >= 0.6 is 11.8 Å². The van der Waals surface area contributed by atoms with Crippen LogP contribution in [0.5, 0.6) is 0 Å². The molecule has 0 atom stereocenters. The lowest BCUT2D eigenvalue weighted by Gasteiger charge is -2.05. The number of amides is 1. The highest BCUT2D eigenvalue weighted by Crippen LogP contribution is 2.17. The van der Waals surface area contributed by atoms with Crippen molar-refractivity contribution in [2.45, 2.75) is 13.8 Å². The fourth-order valence-corrected chi connectivity index (χ4v) is 2.38. The van der Waals surface area contributed by atoms with E-state index in [2.05, 4.69) is 16.9 Å². The molecule has 5 nitrogen and oxygen atoms in total. The average Bonchev–Trinajstić information content (AvgIpc) is 2.64. The summed E-state index contributed by atoms with van der Waals surface area (Å²) >= 11 is 1.67. The number of carboxylic acid groups (broad SMARTS) is 1. The summed E-state index contributed by atoms with van der Waals surface area (Å²) in [5, 5.41) is 11.8. The standard InChI is InChI=1S/C13H18N2O3S/c1-4-6-19-7-5-14-12(16)10-8(2)11(13(17)18)15-9(10)3/h4,15H,1,5-7H2,2-3H3,(H,14,16)(H,17,18). The summed E-state index contributed by atoms with van der Waals surface area (Å²) in [6, 6.07) is 0. The van der Waals surface area contributed by atoms with E-state index in [0.717, 1.165) is 11.5 Å². The van der Waals surface area contributed by atoms with E-state index in [9.17, 15) is 9.59 Å². The largest absolute Gasteiger partial charge is 0.477 e. The van der Waals surface area contributed by atoms with Gasteiger partial charge in [0.25, 0.3) is 5.91 Å². The molecular formula is C13H18N2O3S. The van der Waals surface area contributed by atoms with E-state index in [4.69, 9.17) is 5.11 Å². The number of aromatic amines is 1. The SMILES string of the molecule is C=CCSCCNC(=O)c1c(C)[nH]c(C(=O)O)c1C. The molecule has 1 heterocycles. The number of nitrogens with one attached hydrogen (secondary N) is 2. The molecule has 0 unspecified atom stereocenters. The summed E-state index contributed by atoms with van der Waals surface area (Å²) in [5.74, 6) is 0.354. The smallest absolute Gasteiger partial charge is 0.352 e. The highest BCUT2D eigenvalue weighted by atomic mass is 32.2. The summed E-state index contributed by atoms with van der Waals surface area (Å²) < 4.78 is 0. The molecule has 1 aromatic rings. The monoisotopic (exact) mass is 282 g/mol. The average molecular weight is 282 g/mol. The highest BCUT2D eigenvalue weighted by molar-refractivity contribution is 7.99. The number of carbonyl (C=O) groups is 2. The minimum absolute atomic E-state index is 0.0729. The fraction of sp³-hybridized carbons (Fsp3) is 0.385. The van der Waals surface area contributed by atoms with Gasteiger partial charge in [0.05, 0.1) is 5.56 Å². The molecule has 0 saturated carbocycles. The molecule has 6 heteroatoms. The van der Waals surface area contributed by atoms with Crippen molar-refractivity contribution < 1.29 is 14.7 Å². The van der Waals surface area contributed by atoms with Gasteiger partial charge in [0.2, 0.25) is 0 Å². The van der Waals surface area contributed by atoms with E-state index in [0.29, 0.717) is 23.4 Å². The van der Waals surface area contributed by atoms with Crippen molar-refractivity contribution in [1.82, 2.24) is 10.3 Å². The van der Waals surface area contributed by atoms with Crippen molar-refractivity contribution >= 4 is 23.6 Å². The maximum absolute atomic E-state index is 12.0. The van der Waals surface area contributed by atoms with E-state index in [1.54, 1.807) is 25.6 Å².